The van der Waals surface area contributed by atoms with Crippen LogP contribution in [0.2, 0.25) is 0 Å². The molecule has 0 aliphatic carbocycles. The SMILES string of the molecule is CC(C)C[C@H](NC(=O)OC(C)(C)C)C(=O)CC(=O)OCc1ccccc1. The van der Waals surface area contributed by atoms with Crippen LogP contribution in [0.3, 0.4) is 0 Å². The average Bonchev–Trinajstić information content (AvgIpc) is 2.51. The Labute approximate surface area is 155 Å². The Morgan fingerprint density at radius 1 is 1.08 bits per heavy atom. The van der Waals surface area contributed by atoms with Crippen molar-refractivity contribution in [3.05, 3.63) is 35.9 Å². The van der Waals surface area contributed by atoms with Crippen molar-refractivity contribution in [3.63, 3.8) is 0 Å². The molecule has 1 atom stereocenters. The Morgan fingerprint density at radius 2 is 1.69 bits per heavy atom. The number of carbonyl (C=O) groups is 3. The fourth-order valence-corrected chi connectivity index (χ4v) is 2.25. The molecule has 6 heteroatoms. The molecule has 0 fully saturated rings. The van der Waals surface area contributed by atoms with Gasteiger partial charge in [-0.25, -0.2) is 4.79 Å². The lowest BCUT2D eigenvalue weighted by atomic mass is 9.99. The lowest BCUT2D eigenvalue weighted by Gasteiger charge is -2.23. The summed E-state index contributed by atoms with van der Waals surface area (Å²) < 4.78 is 10.3. The van der Waals surface area contributed by atoms with E-state index in [4.69, 9.17) is 9.47 Å². The van der Waals surface area contributed by atoms with Crippen LogP contribution < -0.4 is 5.32 Å². The Hall–Kier alpha value is -2.37. The van der Waals surface area contributed by atoms with Crippen LogP contribution in [0.5, 0.6) is 0 Å². The predicted octanol–water partition coefficient (Wildman–Crippen LogP) is 3.63. The summed E-state index contributed by atoms with van der Waals surface area (Å²) in [4.78, 5) is 36.3. The first-order valence-corrected chi connectivity index (χ1v) is 8.78. The highest BCUT2D eigenvalue weighted by molar-refractivity contribution is 5.99. The lowest BCUT2D eigenvalue weighted by molar-refractivity contribution is -0.147. The third kappa shape index (κ3) is 9.20. The quantitative estimate of drug-likeness (QED) is 0.563. The molecule has 0 aliphatic rings. The second-order valence-corrected chi connectivity index (χ2v) is 7.62. The maximum absolute atomic E-state index is 12.4. The highest BCUT2D eigenvalue weighted by Crippen LogP contribution is 2.11. The van der Waals surface area contributed by atoms with Crippen molar-refractivity contribution in [1.29, 1.82) is 0 Å². The van der Waals surface area contributed by atoms with Crippen LogP contribution in [0.15, 0.2) is 30.3 Å². The van der Waals surface area contributed by atoms with Crippen molar-refractivity contribution in [2.24, 2.45) is 5.92 Å². The van der Waals surface area contributed by atoms with Crippen molar-refractivity contribution in [2.45, 2.75) is 65.7 Å². The second kappa shape index (κ2) is 9.94. The van der Waals surface area contributed by atoms with Gasteiger partial charge in [0.05, 0.1) is 6.04 Å². The highest BCUT2D eigenvalue weighted by Gasteiger charge is 2.26. The number of ether oxygens (including phenoxy) is 2. The molecule has 1 aromatic rings. The molecule has 144 valence electrons. The molecule has 6 nitrogen and oxygen atoms in total. The van der Waals surface area contributed by atoms with E-state index in [0.29, 0.717) is 6.42 Å². The molecule has 1 aromatic carbocycles. The number of esters is 1. The third-order valence-corrected chi connectivity index (χ3v) is 3.35. The Balaban J connectivity index is 2.58. The Kier molecular flexibility index (Phi) is 8.29. The molecule has 26 heavy (non-hydrogen) atoms. The van der Waals surface area contributed by atoms with E-state index >= 15 is 0 Å². The van der Waals surface area contributed by atoms with Gasteiger partial charge in [-0.05, 0) is 38.7 Å². The van der Waals surface area contributed by atoms with E-state index in [9.17, 15) is 14.4 Å². The predicted molar refractivity (Wildman–Crippen MR) is 98.5 cm³/mol. The van der Waals surface area contributed by atoms with Gasteiger partial charge in [0.1, 0.15) is 18.6 Å². The minimum atomic E-state index is -0.783. The second-order valence-electron chi connectivity index (χ2n) is 7.62. The zero-order chi connectivity index (χ0) is 19.7. The largest absolute Gasteiger partial charge is 0.460 e. The van der Waals surface area contributed by atoms with Gasteiger partial charge in [-0.1, -0.05) is 44.2 Å². The number of rotatable bonds is 8. The highest BCUT2D eigenvalue weighted by atomic mass is 16.6. The number of alkyl carbamates (subject to hydrolysis) is 1. The monoisotopic (exact) mass is 363 g/mol. The molecule has 1 rings (SSSR count). The number of Topliss-reactive ketones (excluding diaryl/α,β-unsaturated/α-hetero) is 1. The standard InChI is InChI=1S/C20H29NO5/c1-14(2)11-16(21-19(24)26-20(3,4)5)17(22)12-18(23)25-13-15-9-7-6-8-10-15/h6-10,14,16H,11-13H2,1-5H3,(H,21,24)/t16-/m0/s1. The van der Waals surface area contributed by atoms with Crippen LogP contribution in [-0.2, 0) is 25.7 Å². The van der Waals surface area contributed by atoms with Crippen molar-refractivity contribution in [1.82, 2.24) is 5.32 Å². The molecule has 1 amide bonds. The molecule has 0 unspecified atom stereocenters. The third-order valence-electron chi connectivity index (χ3n) is 3.35. The molecule has 0 aromatic heterocycles. The van der Waals surface area contributed by atoms with Crippen LogP contribution in [0.25, 0.3) is 0 Å². The maximum atomic E-state index is 12.4. The van der Waals surface area contributed by atoms with E-state index in [2.05, 4.69) is 5.32 Å². The molecule has 0 saturated carbocycles. The smallest absolute Gasteiger partial charge is 0.408 e. The molecule has 1 N–H and O–H groups in total. The first-order chi connectivity index (χ1) is 12.1. The van der Waals surface area contributed by atoms with Gasteiger partial charge < -0.3 is 14.8 Å². The molecule has 0 bridgehead atoms. The molecule has 0 aliphatic heterocycles. The summed E-state index contributed by atoms with van der Waals surface area (Å²) in [5.74, 6) is -0.833. The van der Waals surface area contributed by atoms with Gasteiger partial charge in [-0.15, -0.1) is 0 Å². The van der Waals surface area contributed by atoms with Crippen molar-refractivity contribution in [2.75, 3.05) is 0 Å². The van der Waals surface area contributed by atoms with E-state index < -0.39 is 23.7 Å². The van der Waals surface area contributed by atoms with Crippen molar-refractivity contribution >= 4 is 17.8 Å². The summed E-state index contributed by atoms with van der Waals surface area (Å²) in [6, 6.07) is 8.44. The van der Waals surface area contributed by atoms with Crippen LogP contribution in [0.4, 0.5) is 4.79 Å². The van der Waals surface area contributed by atoms with Crippen LogP contribution >= 0.6 is 0 Å². The Bertz CT molecular complexity index is 604. The van der Waals surface area contributed by atoms with Gasteiger partial charge in [0.2, 0.25) is 0 Å². The van der Waals surface area contributed by atoms with Crippen molar-refractivity contribution in [3.8, 4) is 0 Å². The zero-order valence-electron chi connectivity index (χ0n) is 16.2. The van der Waals surface area contributed by atoms with E-state index in [1.807, 2.05) is 44.2 Å². The molecule has 0 radical (unpaired) electrons. The zero-order valence-corrected chi connectivity index (χ0v) is 16.2. The molecule has 0 saturated heterocycles. The first-order valence-electron chi connectivity index (χ1n) is 8.78. The van der Waals surface area contributed by atoms with E-state index in [1.54, 1.807) is 20.8 Å². The summed E-state index contributed by atoms with van der Waals surface area (Å²) in [5, 5.41) is 2.57. The topological polar surface area (TPSA) is 81.7 Å². The van der Waals surface area contributed by atoms with Crippen molar-refractivity contribution < 1.29 is 23.9 Å². The number of benzene rings is 1. The summed E-state index contributed by atoms with van der Waals surface area (Å²) in [6.45, 7) is 9.21. The molecule has 0 heterocycles. The van der Waals surface area contributed by atoms with Gasteiger partial charge in [-0.3, -0.25) is 9.59 Å². The summed E-state index contributed by atoms with van der Waals surface area (Å²) in [5.41, 5.74) is 0.184. The van der Waals surface area contributed by atoms with E-state index in [-0.39, 0.29) is 24.7 Å². The van der Waals surface area contributed by atoms with E-state index in [1.165, 1.54) is 0 Å². The normalized spacial score (nSPS) is 12.4. The fraction of sp³-hybridized carbons (Fsp3) is 0.550. The van der Waals surface area contributed by atoms with Crippen LogP contribution in [0, 0.1) is 5.92 Å². The number of carbonyl (C=O) groups excluding carboxylic acids is 3. The molecular weight excluding hydrogens is 334 g/mol. The number of nitrogens with one attached hydrogen (secondary N) is 1. The fourth-order valence-electron chi connectivity index (χ4n) is 2.25. The summed E-state index contributed by atoms with van der Waals surface area (Å²) in [7, 11) is 0. The van der Waals surface area contributed by atoms with Crippen LogP contribution in [-0.4, -0.2) is 29.5 Å². The number of hydrogen-bond donors (Lipinski definition) is 1. The molecular formula is C20H29NO5. The first kappa shape index (κ1) is 21.7. The minimum Gasteiger partial charge on any atom is -0.460 e. The number of hydrogen-bond acceptors (Lipinski definition) is 5. The molecule has 0 spiro atoms. The summed E-state index contributed by atoms with van der Waals surface area (Å²) in [6.07, 6.45) is -0.640. The van der Waals surface area contributed by atoms with Gasteiger partial charge in [-0.2, -0.15) is 0 Å². The lowest BCUT2D eigenvalue weighted by Crippen LogP contribution is -2.44. The van der Waals surface area contributed by atoms with Gasteiger partial charge >= 0.3 is 12.1 Å². The maximum Gasteiger partial charge on any atom is 0.408 e. The average molecular weight is 363 g/mol. The summed E-state index contributed by atoms with van der Waals surface area (Å²) >= 11 is 0. The number of ketones is 1. The van der Waals surface area contributed by atoms with Gasteiger partial charge in [0.15, 0.2) is 5.78 Å². The Morgan fingerprint density at radius 3 is 2.23 bits per heavy atom. The minimum absolute atomic E-state index is 0.112. The number of amides is 1. The van der Waals surface area contributed by atoms with Gasteiger partial charge in [0.25, 0.3) is 0 Å². The van der Waals surface area contributed by atoms with Crippen LogP contribution in [0.1, 0.15) is 53.0 Å². The van der Waals surface area contributed by atoms with E-state index in [0.717, 1.165) is 5.56 Å². The van der Waals surface area contributed by atoms with Gasteiger partial charge in [0, 0.05) is 0 Å².